The molecule has 1 N–H and O–H groups in total. The molecule has 0 aliphatic rings. The normalized spacial score (nSPS) is 10.6. The molecule has 90 valence electrons. The van der Waals surface area contributed by atoms with Gasteiger partial charge in [-0.15, -0.1) is 10.2 Å². The molecule has 1 aromatic heterocycles. The number of anilines is 1. The van der Waals surface area contributed by atoms with E-state index >= 15 is 0 Å². The highest BCUT2D eigenvalue weighted by atomic mass is 19.1. The van der Waals surface area contributed by atoms with Gasteiger partial charge in [-0.3, -0.25) is 0 Å². The van der Waals surface area contributed by atoms with Crippen LogP contribution in [0.4, 0.5) is 10.1 Å². The maximum absolute atomic E-state index is 13.3. The molecule has 2 rings (SSSR count). The number of rotatable bonds is 3. The highest BCUT2D eigenvalue weighted by molar-refractivity contribution is 5.50. The Hall–Kier alpha value is -1.91. The molecule has 1 aromatic carbocycles. The summed E-state index contributed by atoms with van der Waals surface area (Å²) in [6.45, 7) is 4.17. The highest BCUT2D eigenvalue weighted by Gasteiger charge is 2.06. The number of aryl methyl sites for hydroxylation is 1. The summed E-state index contributed by atoms with van der Waals surface area (Å²) in [4.78, 5) is 0. The lowest BCUT2D eigenvalue weighted by Crippen LogP contribution is -2.07. The molecule has 0 saturated carbocycles. The van der Waals surface area contributed by atoms with Crippen molar-refractivity contribution in [1.82, 2.24) is 14.8 Å². The van der Waals surface area contributed by atoms with Gasteiger partial charge < -0.3 is 9.88 Å². The van der Waals surface area contributed by atoms with Crippen LogP contribution in [0.5, 0.6) is 0 Å². The number of hydrogen-bond acceptors (Lipinski definition) is 3. The summed E-state index contributed by atoms with van der Waals surface area (Å²) in [6, 6.07) is 4.99. The molecule has 17 heavy (non-hydrogen) atoms. The van der Waals surface area contributed by atoms with E-state index in [1.165, 1.54) is 6.07 Å². The summed E-state index contributed by atoms with van der Waals surface area (Å²) in [6.07, 6.45) is 0. The highest BCUT2D eigenvalue weighted by Crippen LogP contribution is 2.17. The summed E-state index contributed by atoms with van der Waals surface area (Å²) in [5.41, 5.74) is 1.40. The van der Waals surface area contributed by atoms with Gasteiger partial charge in [0.25, 0.3) is 0 Å². The van der Waals surface area contributed by atoms with Crippen molar-refractivity contribution in [2.24, 2.45) is 7.05 Å². The van der Waals surface area contributed by atoms with Crippen LogP contribution < -0.4 is 5.32 Å². The Morgan fingerprint density at radius 1 is 1.29 bits per heavy atom. The maximum Gasteiger partial charge on any atom is 0.152 e. The predicted molar refractivity (Wildman–Crippen MR) is 64.2 cm³/mol. The molecule has 0 aliphatic carbocycles. The third-order valence-electron chi connectivity index (χ3n) is 2.89. The third-order valence-corrected chi connectivity index (χ3v) is 2.89. The van der Waals surface area contributed by atoms with E-state index in [2.05, 4.69) is 15.5 Å². The number of hydrogen-bond donors (Lipinski definition) is 1. The quantitative estimate of drug-likeness (QED) is 0.885. The first-order chi connectivity index (χ1) is 8.09. The largest absolute Gasteiger partial charge is 0.377 e. The van der Waals surface area contributed by atoms with Crippen molar-refractivity contribution in [1.29, 1.82) is 0 Å². The van der Waals surface area contributed by atoms with Crippen molar-refractivity contribution in [2.75, 3.05) is 5.32 Å². The van der Waals surface area contributed by atoms with Gasteiger partial charge in [0.05, 0.1) is 6.54 Å². The van der Waals surface area contributed by atoms with Crippen molar-refractivity contribution in [2.45, 2.75) is 20.4 Å². The zero-order valence-corrected chi connectivity index (χ0v) is 10.2. The summed E-state index contributed by atoms with van der Waals surface area (Å²) in [5.74, 6) is 1.48. The average Bonchev–Trinajstić information content (AvgIpc) is 2.62. The Bertz CT molecular complexity index is 533. The first-order valence-corrected chi connectivity index (χ1v) is 5.43. The van der Waals surface area contributed by atoms with Crippen LogP contribution in [0.15, 0.2) is 18.2 Å². The van der Waals surface area contributed by atoms with Gasteiger partial charge in [-0.05, 0) is 26.0 Å². The van der Waals surface area contributed by atoms with Gasteiger partial charge in [0.15, 0.2) is 5.82 Å². The van der Waals surface area contributed by atoms with Crippen LogP contribution in [0.25, 0.3) is 0 Å². The summed E-state index contributed by atoms with van der Waals surface area (Å²) in [7, 11) is 1.91. The minimum Gasteiger partial charge on any atom is -0.377 e. The standard InChI is InChI=1S/C12H15FN4/c1-8-10(13)5-4-6-11(8)14-7-12-16-15-9(2)17(12)3/h4-6,14H,7H2,1-3H3. The molecule has 0 amide bonds. The van der Waals surface area contributed by atoms with Crippen LogP contribution in [0, 0.1) is 19.7 Å². The molecule has 2 aromatic rings. The zero-order valence-electron chi connectivity index (χ0n) is 10.2. The van der Waals surface area contributed by atoms with Gasteiger partial charge in [0.1, 0.15) is 11.6 Å². The SMILES string of the molecule is Cc1c(F)cccc1NCc1nnc(C)n1C. The lowest BCUT2D eigenvalue weighted by molar-refractivity contribution is 0.619. The molecule has 0 radical (unpaired) electrons. The monoisotopic (exact) mass is 234 g/mol. The van der Waals surface area contributed by atoms with E-state index in [4.69, 9.17) is 0 Å². The van der Waals surface area contributed by atoms with Gasteiger partial charge >= 0.3 is 0 Å². The second-order valence-corrected chi connectivity index (χ2v) is 3.99. The van der Waals surface area contributed by atoms with Crippen molar-refractivity contribution in [3.05, 3.63) is 41.2 Å². The van der Waals surface area contributed by atoms with E-state index in [9.17, 15) is 4.39 Å². The topological polar surface area (TPSA) is 42.7 Å². The van der Waals surface area contributed by atoms with E-state index in [0.717, 1.165) is 17.3 Å². The van der Waals surface area contributed by atoms with Crippen molar-refractivity contribution < 1.29 is 4.39 Å². The molecule has 0 unspecified atom stereocenters. The van der Waals surface area contributed by atoms with Crippen molar-refractivity contribution >= 4 is 5.69 Å². The molecule has 0 atom stereocenters. The molecular formula is C12H15FN4. The van der Waals surface area contributed by atoms with Crippen LogP contribution in [-0.4, -0.2) is 14.8 Å². The maximum atomic E-state index is 13.3. The van der Waals surface area contributed by atoms with E-state index in [1.807, 2.05) is 24.6 Å². The number of halogens is 1. The second-order valence-electron chi connectivity index (χ2n) is 3.99. The van der Waals surface area contributed by atoms with Gasteiger partial charge in [0, 0.05) is 18.3 Å². The van der Waals surface area contributed by atoms with Crippen LogP contribution >= 0.6 is 0 Å². The molecule has 0 spiro atoms. The van der Waals surface area contributed by atoms with E-state index < -0.39 is 0 Å². The summed E-state index contributed by atoms with van der Waals surface area (Å²) < 4.78 is 15.2. The van der Waals surface area contributed by atoms with Gasteiger partial charge in [-0.2, -0.15) is 0 Å². The Kier molecular flexibility index (Phi) is 3.08. The smallest absolute Gasteiger partial charge is 0.152 e. The minimum atomic E-state index is -0.204. The van der Waals surface area contributed by atoms with Crippen molar-refractivity contribution in [3.63, 3.8) is 0 Å². The van der Waals surface area contributed by atoms with Crippen LogP contribution in [0.3, 0.4) is 0 Å². The first kappa shape index (κ1) is 11.6. The molecule has 0 aliphatic heterocycles. The Morgan fingerprint density at radius 2 is 2.06 bits per heavy atom. The molecule has 1 heterocycles. The fraction of sp³-hybridized carbons (Fsp3) is 0.333. The summed E-state index contributed by atoms with van der Waals surface area (Å²) >= 11 is 0. The van der Waals surface area contributed by atoms with Crippen molar-refractivity contribution in [3.8, 4) is 0 Å². The zero-order chi connectivity index (χ0) is 12.4. The van der Waals surface area contributed by atoms with E-state index in [-0.39, 0.29) is 5.82 Å². The molecular weight excluding hydrogens is 219 g/mol. The predicted octanol–water partition coefficient (Wildman–Crippen LogP) is 2.18. The van der Waals surface area contributed by atoms with E-state index in [0.29, 0.717) is 12.1 Å². The Morgan fingerprint density at radius 3 is 2.71 bits per heavy atom. The molecule has 0 fully saturated rings. The Balaban J connectivity index is 2.13. The molecule has 4 nitrogen and oxygen atoms in total. The number of aromatic nitrogens is 3. The fourth-order valence-corrected chi connectivity index (χ4v) is 1.58. The average molecular weight is 234 g/mol. The van der Waals surface area contributed by atoms with Gasteiger partial charge in [0.2, 0.25) is 0 Å². The van der Waals surface area contributed by atoms with E-state index in [1.54, 1.807) is 13.0 Å². The number of benzene rings is 1. The number of nitrogens with one attached hydrogen (secondary N) is 1. The van der Waals surface area contributed by atoms with Crippen LogP contribution in [0.2, 0.25) is 0 Å². The van der Waals surface area contributed by atoms with Gasteiger partial charge in [-0.1, -0.05) is 6.07 Å². The minimum absolute atomic E-state index is 0.204. The lowest BCUT2D eigenvalue weighted by Gasteiger charge is -2.09. The fourth-order valence-electron chi connectivity index (χ4n) is 1.58. The van der Waals surface area contributed by atoms with Crippen LogP contribution in [0.1, 0.15) is 17.2 Å². The third kappa shape index (κ3) is 2.27. The Labute approximate surface area is 99.5 Å². The van der Waals surface area contributed by atoms with Gasteiger partial charge in [-0.25, -0.2) is 4.39 Å². The second kappa shape index (κ2) is 4.53. The summed E-state index contributed by atoms with van der Waals surface area (Å²) in [5, 5.41) is 11.2. The molecule has 0 saturated heterocycles. The number of nitrogens with zero attached hydrogens (tertiary/aromatic N) is 3. The molecule has 0 bridgehead atoms. The van der Waals surface area contributed by atoms with Crippen LogP contribution in [-0.2, 0) is 13.6 Å². The first-order valence-electron chi connectivity index (χ1n) is 5.43. The lowest BCUT2D eigenvalue weighted by atomic mass is 10.2. The molecule has 5 heteroatoms.